The number of esters is 1. The first-order valence-corrected chi connectivity index (χ1v) is 6.94. The van der Waals surface area contributed by atoms with E-state index < -0.39 is 0 Å². The SMILES string of the molecule is COC(=O)CCN1CCN(Cc2ccccc2F)CC1. The summed E-state index contributed by atoms with van der Waals surface area (Å²) in [4.78, 5) is 15.6. The highest BCUT2D eigenvalue weighted by Gasteiger charge is 2.18. The second-order valence-electron chi connectivity index (χ2n) is 5.04. The van der Waals surface area contributed by atoms with Gasteiger partial charge in [0.05, 0.1) is 13.5 Å². The summed E-state index contributed by atoms with van der Waals surface area (Å²) in [6.45, 7) is 5.00. The molecule has 1 saturated heterocycles. The lowest BCUT2D eigenvalue weighted by Gasteiger charge is -2.34. The Balaban J connectivity index is 1.74. The monoisotopic (exact) mass is 280 g/mol. The van der Waals surface area contributed by atoms with Gasteiger partial charge in [-0.2, -0.15) is 0 Å². The summed E-state index contributed by atoms with van der Waals surface area (Å²) in [6, 6.07) is 6.91. The molecule has 0 bridgehead atoms. The van der Waals surface area contributed by atoms with E-state index in [4.69, 9.17) is 0 Å². The van der Waals surface area contributed by atoms with Crippen LogP contribution in [0.25, 0.3) is 0 Å². The molecule has 0 radical (unpaired) electrons. The fourth-order valence-corrected chi connectivity index (χ4v) is 2.39. The van der Waals surface area contributed by atoms with Crippen LogP contribution in [0.15, 0.2) is 24.3 Å². The van der Waals surface area contributed by atoms with E-state index in [9.17, 15) is 9.18 Å². The van der Waals surface area contributed by atoms with Crippen LogP contribution in [0.3, 0.4) is 0 Å². The predicted octanol–water partition coefficient (Wildman–Crippen LogP) is 1.51. The van der Waals surface area contributed by atoms with Crippen molar-refractivity contribution in [1.29, 1.82) is 0 Å². The van der Waals surface area contributed by atoms with Crippen molar-refractivity contribution < 1.29 is 13.9 Å². The molecule has 0 N–H and O–H groups in total. The summed E-state index contributed by atoms with van der Waals surface area (Å²) >= 11 is 0. The zero-order chi connectivity index (χ0) is 14.4. The Kier molecular flexibility index (Phi) is 5.49. The first kappa shape index (κ1) is 14.9. The Hall–Kier alpha value is -1.46. The molecule has 1 aromatic rings. The fraction of sp³-hybridized carbons (Fsp3) is 0.533. The third kappa shape index (κ3) is 4.28. The lowest BCUT2D eigenvalue weighted by atomic mass is 10.2. The van der Waals surface area contributed by atoms with Gasteiger partial charge >= 0.3 is 5.97 Å². The summed E-state index contributed by atoms with van der Waals surface area (Å²) in [5.74, 6) is -0.306. The molecule has 0 atom stereocenters. The molecule has 1 fully saturated rings. The molecule has 110 valence electrons. The minimum atomic E-state index is -0.168. The van der Waals surface area contributed by atoms with Crippen LogP contribution in [0.4, 0.5) is 4.39 Å². The molecule has 0 aromatic heterocycles. The molecule has 1 heterocycles. The summed E-state index contributed by atoms with van der Waals surface area (Å²) in [5, 5.41) is 0. The Morgan fingerprint density at radius 1 is 1.20 bits per heavy atom. The molecule has 1 aliphatic heterocycles. The number of carbonyl (C=O) groups is 1. The van der Waals surface area contributed by atoms with Gasteiger partial charge in [0.15, 0.2) is 0 Å². The topological polar surface area (TPSA) is 32.8 Å². The molecule has 4 nitrogen and oxygen atoms in total. The van der Waals surface area contributed by atoms with Gasteiger partial charge in [0.25, 0.3) is 0 Å². The molecule has 0 saturated carbocycles. The van der Waals surface area contributed by atoms with Crippen LogP contribution < -0.4 is 0 Å². The highest BCUT2D eigenvalue weighted by Crippen LogP contribution is 2.12. The fourth-order valence-electron chi connectivity index (χ4n) is 2.39. The number of hydrogen-bond acceptors (Lipinski definition) is 4. The van der Waals surface area contributed by atoms with E-state index >= 15 is 0 Å². The molecule has 2 rings (SSSR count). The van der Waals surface area contributed by atoms with Gasteiger partial charge in [-0.25, -0.2) is 4.39 Å². The third-order valence-corrected chi connectivity index (χ3v) is 3.68. The first-order valence-electron chi connectivity index (χ1n) is 6.94. The predicted molar refractivity (Wildman–Crippen MR) is 74.8 cm³/mol. The van der Waals surface area contributed by atoms with Gasteiger partial charge in [-0.1, -0.05) is 18.2 Å². The van der Waals surface area contributed by atoms with E-state index in [0.717, 1.165) is 38.3 Å². The van der Waals surface area contributed by atoms with Gasteiger partial charge in [-0.3, -0.25) is 9.69 Å². The highest BCUT2D eigenvalue weighted by atomic mass is 19.1. The average Bonchev–Trinajstić information content (AvgIpc) is 2.48. The maximum absolute atomic E-state index is 13.6. The van der Waals surface area contributed by atoms with Crippen LogP contribution in [-0.2, 0) is 16.1 Å². The van der Waals surface area contributed by atoms with E-state index in [-0.39, 0.29) is 11.8 Å². The smallest absolute Gasteiger partial charge is 0.306 e. The van der Waals surface area contributed by atoms with Gasteiger partial charge < -0.3 is 9.64 Å². The van der Waals surface area contributed by atoms with Gasteiger partial charge in [-0.15, -0.1) is 0 Å². The molecule has 0 spiro atoms. The minimum absolute atomic E-state index is 0.138. The lowest BCUT2D eigenvalue weighted by Crippen LogP contribution is -2.46. The first-order chi connectivity index (χ1) is 9.69. The Morgan fingerprint density at radius 2 is 1.85 bits per heavy atom. The maximum atomic E-state index is 13.6. The number of carbonyl (C=O) groups excluding carboxylic acids is 1. The van der Waals surface area contributed by atoms with Gasteiger partial charge in [0.1, 0.15) is 5.82 Å². The van der Waals surface area contributed by atoms with Gasteiger partial charge in [-0.05, 0) is 6.07 Å². The summed E-state index contributed by atoms with van der Waals surface area (Å²) in [7, 11) is 1.41. The van der Waals surface area contributed by atoms with Crippen molar-refractivity contribution >= 4 is 5.97 Å². The van der Waals surface area contributed by atoms with Crippen LogP contribution in [0, 0.1) is 5.82 Å². The summed E-state index contributed by atoms with van der Waals surface area (Å²) < 4.78 is 18.2. The largest absolute Gasteiger partial charge is 0.469 e. The highest BCUT2D eigenvalue weighted by molar-refractivity contribution is 5.69. The van der Waals surface area contributed by atoms with Crippen molar-refractivity contribution in [3.05, 3.63) is 35.6 Å². The molecule has 5 heteroatoms. The molecule has 1 aromatic carbocycles. The van der Waals surface area contributed by atoms with E-state index in [1.807, 2.05) is 12.1 Å². The van der Waals surface area contributed by atoms with Crippen LogP contribution >= 0.6 is 0 Å². The van der Waals surface area contributed by atoms with E-state index in [1.54, 1.807) is 6.07 Å². The van der Waals surface area contributed by atoms with Crippen molar-refractivity contribution in [2.45, 2.75) is 13.0 Å². The van der Waals surface area contributed by atoms with Gasteiger partial charge in [0, 0.05) is 44.8 Å². The number of hydrogen-bond donors (Lipinski definition) is 0. The Morgan fingerprint density at radius 3 is 2.50 bits per heavy atom. The van der Waals surface area contributed by atoms with E-state index in [2.05, 4.69) is 14.5 Å². The van der Waals surface area contributed by atoms with Crippen LogP contribution in [0.5, 0.6) is 0 Å². The number of piperazine rings is 1. The van der Waals surface area contributed by atoms with Crippen molar-refractivity contribution in [3.63, 3.8) is 0 Å². The average molecular weight is 280 g/mol. The standard InChI is InChI=1S/C15H21FN2O2/c1-20-15(19)6-7-17-8-10-18(11-9-17)12-13-4-2-3-5-14(13)16/h2-5H,6-12H2,1H3. The molecule has 0 aliphatic carbocycles. The number of nitrogens with zero attached hydrogens (tertiary/aromatic N) is 2. The van der Waals surface area contributed by atoms with Crippen LogP contribution in [0.2, 0.25) is 0 Å². The maximum Gasteiger partial charge on any atom is 0.306 e. The lowest BCUT2D eigenvalue weighted by molar-refractivity contribution is -0.141. The number of benzene rings is 1. The molecule has 0 unspecified atom stereocenters. The Labute approximate surface area is 119 Å². The number of methoxy groups -OCH3 is 1. The minimum Gasteiger partial charge on any atom is -0.469 e. The van der Waals surface area contributed by atoms with Crippen molar-refractivity contribution in [2.75, 3.05) is 39.8 Å². The van der Waals surface area contributed by atoms with Crippen LogP contribution in [0.1, 0.15) is 12.0 Å². The number of ether oxygens (including phenoxy) is 1. The second kappa shape index (κ2) is 7.36. The summed E-state index contributed by atoms with van der Waals surface area (Å²) in [6.07, 6.45) is 0.434. The van der Waals surface area contributed by atoms with E-state index in [1.165, 1.54) is 13.2 Å². The molecular formula is C15H21FN2O2. The summed E-state index contributed by atoms with van der Waals surface area (Å²) in [5.41, 5.74) is 0.746. The van der Waals surface area contributed by atoms with Crippen molar-refractivity contribution in [1.82, 2.24) is 9.80 Å². The molecule has 20 heavy (non-hydrogen) atoms. The molecule has 0 amide bonds. The third-order valence-electron chi connectivity index (χ3n) is 3.68. The van der Waals surface area contributed by atoms with E-state index in [0.29, 0.717) is 13.0 Å². The Bertz CT molecular complexity index is 445. The van der Waals surface area contributed by atoms with Crippen molar-refractivity contribution in [3.8, 4) is 0 Å². The normalized spacial score (nSPS) is 17.1. The molecular weight excluding hydrogens is 259 g/mol. The number of halogens is 1. The second-order valence-corrected chi connectivity index (χ2v) is 5.04. The zero-order valence-corrected chi connectivity index (χ0v) is 11.8. The quantitative estimate of drug-likeness (QED) is 0.765. The van der Waals surface area contributed by atoms with Crippen molar-refractivity contribution in [2.24, 2.45) is 0 Å². The zero-order valence-electron chi connectivity index (χ0n) is 11.8. The number of rotatable bonds is 5. The van der Waals surface area contributed by atoms with Crippen LogP contribution in [-0.4, -0.2) is 55.6 Å². The van der Waals surface area contributed by atoms with Gasteiger partial charge in [0.2, 0.25) is 0 Å². The molecule has 1 aliphatic rings.